The standard InChI is InChI=1S/C33H22N7O8S.2Li.Na/c1-40-24-11-10-22(28-27(24)21(15-26(40)41)19-7-2-3-8-20(19)29(28)42)36-23-14-18(9-12-25(23)49(46,47)48)35-32-37-31(38-33(45)39-32)34-17-6-4-5-16(13-17)30(43)44;;;/h2-5,7-15,36H,1H3,(H,43,44)(H,46,47,48)(H3,34,35,37,38,39,45);;;/q-1;3*+1/p-2. The van der Waals surface area contributed by atoms with Gasteiger partial charge in [-0.1, -0.05) is 30.0 Å². The molecule has 2 aromatic heterocycles. The van der Waals surface area contributed by atoms with E-state index in [1.165, 1.54) is 47.0 Å². The Bertz CT molecular complexity index is 2590. The molecule has 0 unspecified atom stereocenters. The summed E-state index contributed by atoms with van der Waals surface area (Å²) in [5, 5.41) is 30.3. The van der Waals surface area contributed by atoms with E-state index >= 15 is 0 Å². The number of pyridine rings is 1. The number of nitrogens with one attached hydrogen (secondary N) is 3. The Balaban J connectivity index is 0.00000202. The predicted molar refractivity (Wildman–Crippen MR) is 173 cm³/mol. The molecule has 0 atom stereocenters. The molecule has 1 aliphatic carbocycles. The number of fused-ring (bicyclic) bond motifs is 2. The molecule has 0 fully saturated rings. The zero-order valence-electron chi connectivity index (χ0n) is 28.0. The molecular weight excluding hydrogens is 691 g/mol. The van der Waals surface area contributed by atoms with Crippen LogP contribution in [0.15, 0.2) is 88.6 Å². The number of carboxylic acids is 1. The summed E-state index contributed by atoms with van der Waals surface area (Å²) < 4.78 is 38.4. The monoisotopic (exact) mass is 711 g/mol. The van der Waals surface area contributed by atoms with Gasteiger partial charge < -0.3 is 40.1 Å². The van der Waals surface area contributed by atoms with Gasteiger partial charge in [-0.15, -0.1) is 11.6 Å². The quantitative estimate of drug-likeness (QED) is 0.0654. The summed E-state index contributed by atoms with van der Waals surface area (Å²) in [5.74, 6) is -2.20. The summed E-state index contributed by atoms with van der Waals surface area (Å²) in [6, 6.07) is 20.8. The van der Waals surface area contributed by atoms with E-state index in [2.05, 4.69) is 37.0 Å². The number of aromatic nitrogens is 4. The topological polar surface area (TPSA) is 231 Å². The molecular formula is C33H20Li2N7NaO8S. The number of ketones is 1. The maximum absolute atomic E-state index is 13.9. The molecule has 4 aromatic carbocycles. The molecule has 19 heteroatoms. The summed E-state index contributed by atoms with van der Waals surface area (Å²) in [7, 11) is -3.47. The largest absolute Gasteiger partial charge is 1.00 e. The fourth-order valence-corrected chi connectivity index (χ4v) is 6.23. The van der Waals surface area contributed by atoms with Crippen LogP contribution in [0.4, 0.5) is 34.6 Å². The number of hydrogen-bond acceptors (Lipinski definition) is 14. The first kappa shape index (κ1) is 40.3. The Hall–Kier alpha value is -4.46. The van der Waals surface area contributed by atoms with Crippen molar-refractivity contribution >= 4 is 67.4 Å². The predicted octanol–water partition coefficient (Wildman–Crippen LogP) is -6.05. The maximum Gasteiger partial charge on any atom is 1.00 e. The third-order valence-electron chi connectivity index (χ3n) is 7.78. The number of carbonyl (C=O) groups is 2. The average Bonchev–Trinajstić information content (AvgIpc) is 3.05. The molecule has 6 aromatic rings. The van der Waals surface area contributed by atoms with Crippen LogP contribution in [-0.2, 0) is 17.2 Å². The van der Waals surface area contributed by atoms with Crippen LogP contribution in [0.2, 0.25) is 0 Å². The van der Waals surface area contributed by atoms with Gasteiger partial charge in [0, 0.05) is 35.7 Å². The van der Waals surface area contributed by atoms with Crippen LogP contribution in [0.25, 0.3) is 22.0 Å². The van der Waals surface area contributed by atoms with Gasteiger partial charge in [0.25, 0.3) is 5.56 Å². The van der Waals surface area contributed by atoms with E-state index in [1.54, 1.807) is 37.4 Å². The minimum atomic E-state index is -5.04. The Kier molecular flexibility index (Phi) is 12.1. The molecule has 4 N–H and O–H groups in total. The molecule has 244 valence electrons. The Morgan fingerprint density at radius 3 is 2.23 bits per heavy atom. The van der Waals surface area contributed by atoms with Crippen molar-refractivity contribution in [3.63, 3.8) is 0 Å². The van der Waals surface area contributed by atoms with Crippen molar-refractivity contribution in [2.45, 2.75) is 4.90 Å². The Morgan fingerprint density at radius 2 is 1.54 bits per heavy atom. The number of nitrogens with zero attached hydrogens (tertiary/aromatic N) is 4. The van der Waals surface area contributed by atoms with Gasteiger partial charge in [0.05, 0.1) is 27.4 Å². The molecule has 15 nitrogen and oxygen atoms in total. The minimum Gasteiger partial charge on any atom is -0.744 e. The zero-order valence-corrected chi connectivity index (χ0v) is 30.8. The Labute approximate surface area is 341 Å². The van der Waals surface area contributed by atoms with Gasteiger partial charge in [0.2, 0.25) is 11.9 Å². The third kappa shape index (κ3) is 7.67. The summed E-state index contributed by atoms with van der Waals surface area (Å²) in [5.41, 5.74) is 1.95. The van der Waals surface area contributed by atoms with E-state index in [0.29, 0.717) is 27.6 Å². The van der Waals surface area contributed by atoms with Crippen LogP contribution < -0.4 is 93.9 Å². The first-order valence-corrected chi connectivity index (χ1v) is 15.7. The summed E-state index contributed by atoms with van der Waals surface area (Å²) in [6.07, 6.45) is 0. The molecule has 0 amide bonds. The number of aryl methyl sites for hydroxylation is 1. The van der Waals surface area contributed by atoms with Gasteiger partial charge in [-0.05, 0) is 41.5 Å². The SMILES string of the molecule is Cn1c(=O)cc2c3c(c(Nc4cc(Nc5nc(O)nc(Nc6[c-]ccc(C(=O)[O-])c6)n5)ccc4S(=O)(=O)[O-])ccc31)C(=O)c1ccccc1-2.[Li+].[Li+].[Na+]. The summed E-state index contributed by atoms with van der Waals surface area (Å²) >= 11 is 0. The molecule has 0 saturated carbocycles. The number of rotatable bonds is 8. The van der Waals surface area contributed by atoms with Crippen LogP contribution >= 0.6 is 0 Å². The second-order valence-electron chi connectivity index (χ2n) is 10.8. The Morgan fingerprint density at radius 1 is 0.846 bits per heavy atom. The second kappa shape index (κ2) is 15.6. The second-order valence-corrected chi connectivity index (χ2v) is 12.2. The molecule has 0 aliphatic heterocycles. The fraction of sp³-hybridized carbons (Fsp3) is 0.0303. The van der Waals surface area contributed by atoms with E-state index in [4.69, 9.17) is 0 Å². The number of aromatic carboxylic acids is 1. The maximum atomic E-state index is 13.9. The molecule has 1 aliphatic rings. The van der Waals surface area contributed by atoms with Crippen molar-refractivity contribution in [2.75, 3.05) is 16.0 Å². The van der Waals surface area contributed by atoms with Gasteiger partial charge in [-0.25, -0.2) is 8.42 Å². The molecule has 0 spiro atoms. The van der Waals surface area contributed by atoms with E-state index in [1.807, 2.05) is 0 Å². The van der Waals surface area contributed by atoms with E-state index in [-0.39, 0.29) is 124 Å². The number of aromatic hydroxyl groups is 1. The third-order valence-corrected chi connectivity index (χ3v) is 8.68. The van der Waals surface area contributed by atoms with Gasteiger partial charge in [0.1, 0.15) is 10.1 Å². The number of anilines is 6. The summed E-state index contributed by atoms with van der Waals surface area (Å²) in [4.78, 5) is 49.1. The molecule has 0 radical (unpaired) electrons. The van der Waals surface area contributed by atoms with Gasteiger partial charge in [-0.2, -0.15) is 33.2 Å². The molecule has 52 heavy (non-hydrogen) atoms. The van der Waals surface area contributed by atoms with Crippen molar-refractivity contribution in [3.8, 4) is 17.1 Å². The number of carbonyl (C=O) groups excluding carboxylic acids is 2. The van der Waals surface area contributed by atoms with Crippen molar-refractivity contribution < 1.29 is 100 Å². The van der Waals surface area contributed by atoms with E-state index in [9.17, 15) is 37.6 Å². The van der Waals surface area contributed by atoms with Crippen molar-refractivity contribution in [1.82, 2.24) is 19.5 Å². The number of benzene rings is 4. The van der Waals surface area contributed by atoms with Crippen molar-refractivity contribution in [3.05, 3.63) is 112 Å². The van der Waals surface area contributed by atoms with Gasteiger partial charge >= 0.3 is 73.3 Å². The van der Waals surface area contributed by atoms with E-state index < -0.39 is 27.0 Å². The summed E-state index contributed by atoms with van der Waals surface area (Å²) in [6.45, 7) is 0. The molecule has 0 bridgehead atoms. The molecule has 0 saturated heterocycles. The number of carboxylic acid groups (broad SMARTS) is 1. The van der Waals surface area contributed by atoms with Crippen LogP contribution in [0.1, 0.15) is 26.3 Å². The normalized spacial score (nSPS) is 11.3. The number of hydrogen-bond donors (Lipinski definition) is 4. The van der Waals surface area contributed by atoms with Crippen LogP contribution in [0.5, 0.6) is 6.01 Å². The smallest absolute Gasteiger partial charge is 0.744 e. The van der Waals surface area contributed by atoms with Crippen molar-refractivity contribution in [1.29, 1.82) is 0 Å². The fourth-order valence-electron chi connectivity index (χ4n) is 5.62. The average molecular weight is 712 g/mol. The first-order chi connectivity index (χ1) is 23.4. The van der Waals surface area contributed by atoms with Gasteiger partial charge in [0.15, 0.2) is 5.78 Å². The zero-order chi connectivity index (χ0) is 34.6. The molecule has 2 heterocycles. The van der Waals surface area contributed by atoms with E-state index in [0.717, 1.165) is 6.07 Å². The molecule has 7 rings (SSSR count). The van der Waals surface area contributed by atoms with Crippen LogP contribution in [-0.4, -0.2) is 49.3 Å². The van der Waals surface area contributed by atoms with Crippen LogP contribution in [0.3, 0.4) is 0 Å². The van der Waals surface area contributed by atoms with Crippen LogP contribution in [0, 0.1) is 6.07 Å². The first-order valence-electron chi connectivity index (χ1n) is 14.3. The van der Waals surface area contributed by atoms with Gasteiger partial charge in [-0.3, -0.25) is 9.59 Å². The van der Waals surface area contributed by atoms with Crippen molar-refractivity contribution in [2.24, 2.45) is 7.05 Å². The minimum absolute atomic E-state index is 0.